The predicted molar refractivity (Wildman–Crippen MR) is 70.1 cm³/mol. The van der Waals surface area contributed by atoms with Crippen LogP contribution in [0.3, 0.4) is 0 Å². The maximum absolute atomic E-state index is 9.42. The minimum Gasteiger partial charge on any atom is -0.394 e. The molecule has 0 aliphatic heterocycles. The van der Waals surface area contributed by atoms with Crippen LogP contribution in [0.4, 0.5) is 0 Å². The number of thioether (sulfide) groups is 1. The summed E-state index contributed by atoms with van der Waals surface area (Å²) in [5.74, 6) is 0.917. The highest BCUT2D eigenvalue weighted by atomic mass is 32.2. The van der Waals surface area contributed by atoms with Gasteiger partial charge in [0, 0.05) is 18.3 Å². The molecule has 0 saturated heterocycles. The molecule has 0 amide bonds. The average molecular weight is 258 g/mol. The van der Waals surface area contributed by atoms with Crippen molar-refractivity contribution in [3.8, 4) is 0 Å². The lowest BCUT2D eigenvalue weighted by atomic mass is 10.0. The summed E-state index contributed by atoms with van der Waals surface area (Å²) in [4.78, 5) is 4.16. The van der Waals surface area contributed by atoms with Gasteiger partial charge in [0.25, 0.3) is 0 Å². The number of nitrogens with zero attached hydrogens (tertiary/aromatic N) is 3. The largest absolute Gasteiger partial charge is 0.394 e. The molecular formula is C11H22N4OS. The average Bonchev–Trinajstić information content (AvgIpc) is 2.73. The number of aryl methyl sites for hydroxylation is 1. The van der Waals surface area contributed by atoms with Gasteiger partial charge >= 0.3 is 0 Å². The third kappa shape index (κ3) is 4.65. The lowest BCUT2D eigenvalue weighted by Gasteiger charge is -2.28. The highest BCUT2D eigenvalue weighted by molar-refractivity contribution is 7.99. The molecule has 2 N–H and O–H groups in total. The lowest BCUT2D eigenvalue weighted by molar-refractivity contribution is 0.171. The zero-order valence-electron chi connectivity index (χ0n) is 10.8. The molecule has 0 radical (unpaired) electrons. The van der Waals surface area contributed by atoms with Crippen molar-refractivity contribution in [3.05, 3.63) is 6.33 Å². The van der Waals surface area contributed by atoms with E-state index in [4.69, 9.17) is 0 Å². The Bertz CT molecular complexity index is 331. The predicted octanol–water partition coefficient (Wildman–Crippen LogP) is 1.05. The van der Waals surface area contributed by atoms with Crippen molar-refractivity contribution in [1.82, 2.24) is 20.1 Å². The van der Waals surface area contributed by atoms with Gasteiger partial charge in [-0.05, 0) is 26.3 Å². The number of aromatic nitrogens is 3. The molecule has 0 aliphatic rings. The second-order valence-electron chi connectivity index (χ2n) is 4.41. The van der Waals surface area contributed by atoms with E-state index in [2.05, 4.69) is 29.2 Å². The van der Waals surface area contributed by atoms with E-state index in [1.807, 2.05) is 7.05 Å². The fraction of sp³-hybridized carbons (Fsp3) is 0.818. The van der Waals surface area contributed by atoms with Gasteiger partial charge in [0.1, 0.15) is 6.33 Å². The molecular weight excluding hydrogens is 236 g/mol. The maximum atomic E-state index is 9.42. The topological polar surface area (TPSA) is 63.0 Å². The molecule has 1 aromatic heterocycles. The Morgan fingerprint density at radius 2 is 2.35 bits per heavy atom. The van der Waals surface area contributed by atoms with Gasteiger partial charge in [-0.3, -0.25) is 0 Å². The van der Waals surface area contributed by atoms with Crippen LogP contribution in [-0.4, -0.2) is 44.3 Å². The normalized spacial score (nSPS) is 14.8. The molecule has 1 atom stereocenters. The van der Waals surface area contributed by atoms with Crippen molar-refractivity contribution in [2.24, 2.45) is 7.05 Å². The quantitative estimate of drug-likeness (QED) is 0.682. The Hall–Kier alpha value is -0.590. The van der Waals surface area contributed by atoms with Crippen LogP contribution < -0.4 is 5.32 Å². The number of hydrogen-bond acceptors (Lipinski definition) is 5. The van der Waals surface area contributed by atoms with Crippen molar-refractivity contribution in [1.29, 1.82) is 0 Å². The van der Waals surface area contributed by atoms with E-state index in [1.165, 1.54) is 0 Å². The summed E-state index contributed by atoms with van der Waals surface area (Å²) < 4.78 is 1.76. The standard InChI is InChI=1S/C11H22N4OS/c1-4-6-13-11(2,8-16)5-7-17-10-12-9-14-15(10)3/h9,13,16H,4-8H2,1-3H3. The van der Waals surface area contributed by atoms with Gasteiger partial charge in [0.15, 0.2) is 5.16 Å². The minimum absolute atomic E-state index is 0.159. The molecule has 0 saturated carbocycles. The van der Waals surface area contributed by atoms with Crippen LogP contribution in [0.5, 0.6) is 0 Å². The Balaban J connectivity index is 2.35. The Labute approximate surface area is 107 Å². The fourth-order valence-electron chi connectivity index (χ4n) is 1.43. The third-order valence-electron chi connectivity index (χ3n) is 2.71. The van der Waals surface area contributed by atoms with Crippen LogP contribution in [0, 0.1) is 0 Å². The molecule has 17 heavy (non-hydrogen) atoms. The van der Waals surface area contributed by atoms with Crippen molar-refractivity contribution in [3.63, 3.8) is 0 Å². The Kier molecular flexibility index (Phi) is 5.94. The first-order valence-electron chi connectivity index (χ1n) is 5.94. The molecule has 5 nitrogen and oxygen atoms in total. The summed E-state index contributed by atoms with van der Waals surface area (Å²) >= 11 is 1.67. The zero-order chi connectivity index (χ0) is 12.7. The zero-order valence-corrected chi connectivity index (χ0v) is 11.6. The first kappa shape index (κ1) is 14.5. The number of nitrogens with one attached hydrogen (secondary N) is 1. The molecule has 0 aliphatic carbocycles. The van der Waals surface area contributed by atoms with Gasteiger partial charge in [-0.1, -0.05) is 18.7 Å². The van der Waals surface area contributed by atoms with Crippen LogP contribution in [0.15, 0.2) is 11.5 Å². The summed E-state index contributed by atoms with van der Waals surface area (Å²) in [6.07, 6.45) is 3.54. The van der Waals surface area contributed by atoms with Crippen LogP contribution >= 0.6 is 11.8 Å². The second-order valence-corrected chi connectivity index (χ2v) is 5.47. The van der Waals surface area contributed by atoms with Gasteiger partial charge in [0.05, 0.1) is 6.61 Å². The molecule has 6 heteroatoms. The number of aliphatic hydroxyl groups excluding tert-OH is 1. The summed E-state index contributed by atoms with van der Waals surface area (Å²) in [6, 6.07) is 0. The Morgan fingerprint density at radius 3 is 2.88 bits per heavy atom. The molecule has 0 spiro atoms. The highest BCUT2D eigenvalue weighted by Gasteiger charge is 2.21. The summed E-state index contributed by atoms with van der Waals surface area (Å²) in [5, 5.41) is 17.7. The minimum atomic E-state index is -0.193. The Morgan fingerprint density at radius 1 is 1.59 bits per heavy atom. The van der Waals surface area contributed by atoms with Gasteiger partial charge in [0.2, 0.25) is 0 Å². The first-order valence-corrected chi connectivity index (χ1v) is 6.92. The molecule has 1 rings (SSSR count). The number of rotatable bonds is 8. The molecule has 98 valence electrons. The summed E-state index contributed by atoms with van der Waals surface area (Å²) in [7, 11) is 1.88. The number of hydrogen-bond donors (Lipinski definition) is 2. The van der Waals surface area contributed by atoms with E-state index in [0.29, 0.717) is 0 Å². The van der Waals surface area contributed by atoms with Gasteiger partial charge < -0.3 is 10.4 Å². The van der Waals surface area contributed by atoms with Crippen molar-refractivity contribution >= 4 is 11.8 Å². The van der Waals surface area contributed by atoms with E-state index in [1.54, 1.807) is 22.8 Å². The van der Waals surface area contributed by atoms with Crippen LogP contribution in [0.2, 0.25) is 0 Å². The highest BCUT2D eigenvalue weighted by Crippen LogP contribution is 2.19. The van der Waals surface area contributed by atoms with Crippen LogP contribution in [0.25, 0.3) is 0 Å². The molecule has 1 aromatic rings. The molecule has 1 heterocycles. The monoisotopic (exact) mass is 258 g/mol. The molecule has 1 unspecified atom stereocenters. The first-order chi connectivity index (χ1) is 8.11. The van der Waals surface area contributed by atoms with E-state index in [-0.39, 0.29) is 12.1 Å². The van der Waals surface area contributed by atoms with Gasteiger partial charge in [-0.25, -0.2) is 9.67 Å². The van der Waals surface area contributed by atoms with Crippen molar-refractivity contribution in [2.45, 2.75) is 37.4 Å². The SMILES string of the molecule is CCCNC(C)(CO)CCSc1ncnn1C. The molecule has 0 bridgehead atoms. The van der Waals surface area contributed by atoms with E-state index in [0.717, 1.165) is 30.3 Å². The van der Waals surface area contributed by atoms with Gasteiger partial charge in [-0.2, -0.15) is 5.10 Å². The van der Waals surface area contributed by atoms with E-state index in [9.17, 15) is 5.11 Å². The van der Waals surface area contributed by atoms with E-state index >= 15 is 0 Å². The molecule has 0 aromatic carbocycles. The van der Waals surface area contributed by atoms with Gasteiger partial charge in [-0.15, -0.1) is 0 Å². The summed E-state index contributed by atoms with van der Waals surface area (Å²) in [5.41, 5.74) is -0.193. The van der Waals surface area contributed by atoms with Crippen LogP contribution in [0.1, 0.15) is 26.7 Å². The van der Waals surface area contributed by atoms with Crippen molar-refractivity contribution < 1.29 is 5.11 Å². The maximum Gasteiger partial charge on any atom is 0.185 e. The number of aliphatic hydroxyl groups is 1. The summed E-state index contributed by atoms with van der Waals surface area (Å²) in [6.45, 7) is 5.27. The van der Waals surface area contributed by atoms with Crippen LogP contribution in [-0.2, 0) is 7.05 Å². The smallest absolute Gasteiger partial charge is 0.185 e. The van der Waals surface area contributed by atoms with E-state index < -0.39 is 0 Å². The molecule has 0 fully saturated rings. The van der Waals surface area contributed by atoms with Crippen molar-refractivity contribution in [2.75, 3.05) is 18.9 Å². The second kappa shape index (κ2) is 6.98. The third-order valence-corrected chi connectivity index (χ3v) is 3.74. The lowest BCUT2D eigenvalue weighted by Crippen LogP contribution is -2.46. The fourth-order valence-corrected chi connectivity index (χ4v) is 2.52.